The van der Waals surface area contributed by atoms with Crippen molar-refractivity contribution in [3.63, 3.8) is 0 Å². The molecule has 0 amide bonds. The quantitative estimate of drug-likeness (QED) is 0.186. The lowest BCUT2D eigenvalue weighted by Crippen LogP contribution is -1.85. The van der Waals surface area contributed by atoms with E-state index in [9.17, 15) is 0 Å². The van der Waals surface area contributed by atoms with Crippen LogP contribution in [0.1, 0.15) is 0 Å². The van der Waals surface area contributed by atoms with E-state index in [0.29, 0.717) is 11.8 Å². The molecule has 9 rings (SSSR count). The van der Waals surface area contributed by atoms with Crippen LogP contribution in [0.3, 0.4) is 0 Å². The fourth-order valence-electron chi connectivity index (χ4n) is 6.48. The van der Waals surface area contributed by atoms with Crippen LogP contribution in [-0.2, 0) is 0 Å². The number of hydrogen-bond donors (Lipinski definition) is 0. The number of aromatic nitrogens is 2. The lowest BCUT2D eigenvalue weighted by molar-refractivity contribution is 0.584. The van der Waals surface area contributed by atoms with Gasteiger partial charge in [0, 0.05) is 33.0 Å². The van der Waals surface area contributed by atoms with Crippen molar-refractivity contribution in [3.8, 4) is 67.4 Å². The molecular weight excluding hydrogens is 588 g/mol. The Morgan fingerprint density at radius 2 is 0.708 bits per heavy atom. The first-order valence-corrected chi connectivity index (χ1v) is 16.0. The summed E-state index contributed by atoms with van der Waals surface area (Å²) >= 11 is 0. The molecule has 2 heterocycles. The minimum absolute atomic E-state index is 0.467. The Bertz CT molecular complexity index is 2540. The van der Waals surface area contributed by atoms with Gasteiger partial charge in [0.2, 0.25) is 11.8 Å². The van der Waals surface area contributed by atoms with E-state index in [4.69, 9.17) is 8.83 Å². The molecular formula is C44H28N2O2. The summed E-state index contributed by atoms with van der Waals surface area (Å²) in [4.78, 5) is 0. The molecule has 2 aromatic heterocycles. The van der Waals surface area contributed by atoms with Crippen LogP contribution in [0.2, 0.25) is 0 Å². The summed E-state index contributed by atoms with van der Waals surface area (Å²) in [5.74, 6) is 0.957. The largest absolute Gasteiger partial charge is 0.455 e. The van der Waals surface area contributed by atoms with Crippen molar-refractivity contribution in [1.82, 2.24) is 10.2 Å². The zero-order valence-electron chi connectivity index (χ0n) is 25.9. The number of fused-ring (bicyclic) bond motifs is 3. The third-order valence-corrected chi connectivity index (χ3v) is 8.84. The molecule has 48 heavy (non-hydrogen) atoms. The Kier molecular flexibility index (Phi) is 6.76. The van der Waals surface area contributed by atoms with Gasteiger partial charge in [0.1, 0.15) is 11.2 Å². The summed E-state index contributed by atoms with van der Waals surface area (Å²) in [7, 11) is 0. The van der Waals surface area contributed by atoms with Gasteiger partial charge in [-0.05, 0) is 81.9 Å². The highest BCUT2D eigenvalue weighted by molar-refractivity contribution is 6.15. The van der Waals surface area contributed by atoms with Crippen LogP contribution in [0.25, 0.3) is 89.4 Å². The maximum Gasteiger partial charge on any atom is 0.248 e. The second-order valence-electron chi connectivity index (χ2n) is 11.9. The van der Waals surface area contributed by atoms with E-state index in [1.807, 2.05) is 54.6 Å². The van der Waals surface area contributed by atoms with Gasteiger partial charge in [-0.2, -0.15) is 0 Å². The molecule has 0 N–H and O–H groups in total. The highest BCUT2D eigenvalue weighted by Crippen LogP contribution is 2.44. The first-order chi connectivity index (χ1) is 23.8. The third-order valence-electron chi connectivity index (χ3n) is 8.84. The Labute approximate surface area is 277 Å². The summed E-state index contributed by atoms with van der Waals surface area (Å²) < 4.78 is 13.1. The fourth-order valence-corrected chi connectivity index (χ4v) is 6.48. The zero-order valence-corrected chi connectivity index (χ0v) is 25.9. The third kappa shape index (κ3) is 4.97. The highest BCUT2D eigenvalue weighted by atomic mass is 16.4. The van der Waals surface area contributed by atoms with E-state index in [1.165, 1.54) is 0 Å². The molecule has 0 saturated carbocycles. The van der Waals surface area contributed by atoms with Gasteiger partial charge in [0.25, 0.3) is 0 Å². The van der Waals surface area contributed by atoms with Gasteiger partial charge in [0.05, 0.1) is 0 Å². The van der Waals surface area contributed by atoms with Gasteiger partial charge in [-0.3, -0.25) is 0 Å². The van der Waals surface area contributed by atoms with E-state index in [-0.39, 0.29) is 0 Å². The predicted molar refractivity (Wildman–Crippen MR) is 194 cm³/mol. The van der Waals surface area contributed by atoms with Gasteiger partial charge in [-0.1, -0.05) is 121 Å². The van der Waals surface area contributed by atoms with Gasteiger partial charge >= 0.3 is 0 Å². The normalized spacial score (nSPS) is 11.3. The van der Waals surface area contributed by atoms with Crippen molar-refractivity contribution in [3.05, 3.63) is 170 Å². The molecule has 0 aliphatic heterocycles. The molecule has 0 aliphatic carbocycles. The molecule has 0 atom stereocenters. The minimum Gasteiger partial charge on any atom is -0.455 e. The van der Waals surface area contributed by atoms with Crippen LogP contribution in [0.4, 0.5) is 0 Å². The molecule has 7 aromatic carbocycles. The maximum absolute atomic E-state index is 6.96. The molecule has 226 valence electrons. The van der Waals surface area contributed by atoms with Crippen LogP contribution < -0.4 is 0 Å². The van der Waals surface area contributed by atoms with Crippen LogP contribution in [0, 0.1) is 0 Å². The monoisotopic (exact) mass is 616 g/mol. The van der Waals surface area contributed by atoms with Gasteiger partial charge in [-0.25, -0.2) is 0 Å². The average Bonchev–Trinajstić information content (AvgIpc) is 3.82. The Hall–Kier alpha value is -6.52. The van der Waals surface area contributed by atoms with Crippen molar-refractivity contribution in [2.75, 3.05) is 0 Å². The fraction of sp³-hybridized carbons (Fsp3) is 0. The predicted octanol–water partition coefficient (Wildman–Crippen LogP) is 12.0. The lowest BCUT2D eigenvalue weighted by Gasteiger charge is -2.09. The van der Waals surface area contributed by atoms with Crippen molar-refractivity contribution in [1.29, 1.82) is 0 Å². The van der Waals surface area contributed by atoms with Gasteiger partial charge in [-0.15, -0.1) is 10.2 Å². The molecule has 0 bridgehead atoms. The van der Waals surface area contributed by atoms with Gasteiger partial charge < -0.3 is 8.83 Å². The molecule has 4 heteroatoms. The smallest absolute Gasteiger partial charge is 0.248 e. The topological polar surface area (TPSA) is 52.1 Å². The summed E-state index contributed by atoms with van der Waals surface area (Å²) in [5, 5.41) is 10.9. The zero-order chi connectivity index (χ0) is 31.9. The van der Waals surface area contributed by atoms with Crippen LogP contribution in [0.5, 0.6) is 0 Å². The van der Waals surface area contributed by atoms with Crippen LogP contribution in [0.15, 0.2) is 179 Å². The molecule has 9 aromatic rings. The number of rotatable bonds is 6. The Morgan fingerprint density at radius 1 is 0.292 bits per heavy atom. The van der Waals surface area contributed by atoms with Crippen LogP contribution >= 0.6 is 0 Å². The SMILES string of the molecule is c1ccc(-c2cc(-c3ccccc3)c3oc4c(-c5cccc(-c6nnc(-c7ccccc7)o6)c5)cc(-c5ccccc5)cc4c3c2)cc1. The number of benzene rings is 7. The first kappa shape index (κ1) is 27.8. The molecule has 0 fully saturated rings. The summed E-state index contributed by atoms with van der Waals surface area (Å²) in [6, 6.07) is 58.6. The standard InChI is InChI=1S/C44H28N2O2/c1-5-14-29(15-6-1)35-25-37(31-18-9-3-10-19-31)41-39(27-35)40-28-36(30-16-7-2-8-17-30)26-38(42(40)47-41)33-22-13-23-34(24-33)44-46-45-43(48-44)32-20-11-4-12-21-32/h1-28H. The van der Waals surface area contributed by atoms with Crippen molar-refractivity contribution < 1.29 is 8.83 Å². The van der Waals surface area contributed by atoms with Crippen molar-refractivity contribution in [2.45, 2.75) is 0 Å². The minimum atomic E-state index is 0.467. The molecule has 0 radical (unpaired) electrons. The number of hydrogen-bond acceptors (Lipinski definition) is 4. The summed E-state index contributed by atoms with van der Waals surface area (Å²) in [6.45, 7) is 0. The van der Waals surface area contributed by atoms with E-state index < -0.39 is 0 Å². The van der Waals surface area contributed by atoms with Crippen molar-refractivity contribution >= 4 is 21.9 Å². The lowest BCUT2D eigenvalue weighted by atomic mass is 9.93. The second kappa shape index (κ2) is 11.7. The van der Waals surface area contributed by atoms with E-state index in [2.05, 4.69) is 125 Å². The maximum atomic E-state index is 6.96. The van der Waals surface area contributed by atoms with E-state index >= 15 is 0 Å². The Balaban J connectivity index is 1.29. The van der Waals surface area contributed by atoms with E-state index in [1.54, 1.807) is 0 Å². The number of nitrogens with zero attached hydrogens (tertiary/aromatic N) is 2. The summed E-state index contributed by atoms with van der Waals surface area (Å²) in [5.41, 5.74) is 12.1. The first-order valence-electron chi connectivity index (χ1n) is 16.0. The highest BCUT2D eigenvalue weighted by Gasteiger charge is 2.20. The molecule has 4 nitrogen and oxygen atoms in total. The van der Waals surface area contributed by atoms with Crippen LogP contribution in [-0.4, -0.2) is 10.2 Å². The van der Waals surface area contributed by atoms with E-state index in [0.717, 1.165) is 77.6 Å². The summed E-state index contributed by atoms with van der Waals surface area (Å²) in [6.07, 6.45) is 0. The molecule has 0 aliphatic rings. The van der Waals surface area contributed by atoms with Crippen molar-refractivity contribution in [2.24, 2.45) is 0 Å². The molecule has 0 spiro atoms. The second-order valence-corrected chi connectivity index (χ2v) is 11.9. The number of furan rings is 1. The molecule has 0 saturated heterocycles. The Morgan fingerprint density at radius 3 is 1.25 bits per heavy atom. The average molecular weight is 617 g/mol. The van der Waals surface area contributed by atoms with Gasteiger partial charge in [0.15, 0.2) is 0 Å². The molecule has 0 unspecified atom stereocenters.